The Morgan fingerprint density at radius 3 is 2.33 bits per heavy atom. The summed E-state index contributed by atoms with van der Waals surface area (Å²) in [5.41, 5.74) is 1.10. The highest BCUT2D eigenvalue weighted by molar-refractivity contribution is 6.11. The van der Waals surface area contributed by atoms with Gasteiger partial charge in [0.05, 0.1) is 18.0 Å². The first-order valence-corrected chi connectivity index (χ1v) is 9.67. The van der Waals surface area contributed by atoms with Gasteiger partial charge in [0.2, 0.25) is 0 Å². The van der Waals surface area contributed by atoms with Gasteiger partial charge in [0.1, 0.15) is 0 Å². The van der Waals surface area contributed by atoms with Gasteiger partial charge in [-0.1, -0.05) is 18.2 Å². The number of nitrogens with one attached hydrogen (secondary N) is 1. The van der Waals surface area contributed by atoms with Crippen LogP contribution in [0.2, 0.25) is 0 Å². The summed E-state index contributed by atoms with van der Waals surface area (Å²) in [5.74, 6) is -0.424. The molecular formula is C22H24N4O4. The van der Waals surface area contributed by atoms with Crippen LogP contribution in [0.3, 0.4) is 0 Å². The Kier molecular flexibility index (Phi) is 6.15. The van der Waals surface area contributed by atoms with Gasteiger partial charge in [-0.2, -0.15) is 5.10 Å². The predicted octanol–water partition coefficient (Wildman–Crippen LogP) is 3.82. The fourth-order valence-electron chi connectivity index (χ4n) is 3.01. The number of aromatic nitrogens is 2. The van der Waals surface area contributed by atoms with Crippen LogP contribution in [0, 0.1) is 0 Å². The third-order valence-electron chi connectivity index (χ3n) is 4.59. The number of anilines is 2. The monoisotopic (exact) mass is 408 g/mol. The van der Waals surface area contributed by atoms with Crippen LogP contribution in [0.25, 0.3) is 10.8 Å². The number of benzene rings is 2. The van der Waals surface area contributed by atoms with Gasteiger partial charge in [-0.25, -0.2) is 9.48 Å². The molecule has 0 radical (unpaired) electrons. The molecule has 0 atom stereocenters. The molecule has 8 nitrogen and oxygen atoms in total. The molecule has 0 saturated carbocycles. The molecule has 2 aromatic carbocycles. The lowest BCUT2D eigenvalue weighted by Gasteiger charge is -2.17. The van der Waals surface area contributed by atoms with Crippen LogP contribution in [0.1, 0.15) is 37.3 Å². The molecular weight excluding hydrogens is 384 g/mol. The van der Waals surface area contributed by atoms with Gasteiger partial charge >= 0.3 is 6.09 Å². The van der Waals surface area contributed by atoms with E-state index in [9.17, 15) is 14.4 Å². The van der Waals surface area contributed by atoms with Crippen molar-refractivity contribution in [2.45, 2.75) is 26.8 Å². The van der Waals surface area contributed by atoms with Crippen molar-refractivity contribution in [1.29, 1.82) is 0 Å². The zero-order valence-corrected chi connectivity index (χ0v) is 17.4. The molecule has 1 aromatic heterocycles. The highest BCUT2D eigenvalue weighted by Crippen LogP contribution is 2.20. The second-order valence-corrected chi connectivity index (χ2v) is 7.00. The molecule has 0 spiro atoms. The van der Waals surface area contributed by atoms with Gasteiger partial charge in [-0.3, -0.25) is 14.5 Å². The number of carbonyl (C=O) groups is 2. The summed E-state index contributed by atoms with van der Waals surface area (Å²) in [6, 6.07) is 13.5. The van der Waals surface area contributed by atoms with Crippen molar-refractivity contribution >= 4 is 34.1 Å². The van der Waals surface area contributed by atoms with Crippen molar-refractivity contribution in [1.82, 2.24) is 9.78 Å². The van der Waals surface area contributed by atoms with Crippen LogP contribution in [0.5, 0.6) is 0 Å². The lowest BCUT2D eigenvalue weighted by molar-refractivity contribution is 0.102. The summed E-state index contributed by atoms with van der Waals surface area (Å²) in [5, 5.41) is 8.05. The van der Waals surface area contributed by atoms with E-state index < -0.39 is 12.0 Å². The Bertz CT molecular complexity index is 1140. The minimum absolute atomic E-state index is 0.173. The zero-order valence-electron chi connectivity index (χ0n) is 17.4. The van der Waals surface area contributed by atoms with E-state index in [0.29, 0.717) is 22.1 Å². The largest absolute Gasteiger partial charge is 0.449 e. The number of hydrogen-bond acceptors (Lipinski definition) is 5. The molecule has 0 bridgehead atoms. The first kappa shape index (κ1) is 21.0. The summed E-state index contributed by atoms with van der Waals surface area (Å²) in [4.78, 5) is 38.8. The molecule has 30 heavy (non-hydrogen) atoms. The van der Waals surface area contributed by atoms with E-state index in [4.69, 9.17) is 4.74 Å². The van der Waals surface area contributed by atoms with Crippen molar-refractivity contribution in [3.63, 3.8) is 0 Å². The Labute approximate surface area is 174 Å². The first-order chi connectivity index (χ1) is 14.3. The Balaban J connectivity index is 1.90. The van der Waals surface area contributed by atoms with Crippen LogP contribution in [0.4, 0.5) is 16.2 Å². The SMILES string of the molecule is CCOC(=O)N(C)c1ccc(NC(=O)c2nn(C(C)C)c(=O)c3ccccc23)cc1. The van der Waals surface area contributed by atoms with Crippen LogP contribution in [-0.4, -0.2) is 35.4 Å². The Morgan fingerprint density at radius 2 is 1.73 bits per heavy atom. The van der Waals surface area contributed by atoms with Crippen molar-refractivity contribution < 1.29 is 14.3 Å². The lowest BCUT2D eigenvalue weighted by Crippen LogP contribution is -2.29. The van der Waals surface area contributed by atoms with Gasteiger partial charge in [0.25, 0.3) is 11.5 Å². The highest BCUT2D eigenvalue weighted by Gasteiger charge is 2.18. The van der Waals surface area contributed by atoms with Gasteiger partial charge in [-0.15, -0.1) is 0 Å². The van der Waals surface area contributed by atoms with Gasteiger partial charge < -0.3 is 10.1 Å². The smallest absolute Gasteiger partial charge is 0.413 e. The predicted molar refractivity (Wildman–Crippen MR) is 116 cm³/mol. The number of rotatable bonds is 5. The van der Waals surface area contributed by atoms with Crippen molar-refractivity contribution in [3.8, 4) is 0 Å². The van der Waals surface area contributed by atoms with Crippen molar-refractivity contribution in [2.75, 3.05) is 23.9 Å². The summed E-state index contributed by atoms with van der Waals surface area (Å²) >= 11 is 0. The third kappa shape index (κ3) is 4.17. The summed E-state index contributed by atoms with van der Waals surface area (Å²) in [7, 11) is 1.61. The number of nitrogens with zero attached hydrogens (tertiary/aromatic N) is 3. The van der Waals surface area contributed by atoms with E-state index in [-0.39, 0.29) is 23.9 Å². The number of fused-ring (bicyclic) bond motifs is 1. The van der Waals surface area contributed by atoms with Crippen LogP contribution < -0.4 is 15.8 Å². The fraction of sp³-hybridized carbons (Fsp3) is 0.273. The average Bonchev–Trinajstić information content (AvgIpc) is 2.74. The molecule has 0 unspecified atom stereocenters. The molecule has 1 heterocycles. The van der Waals surface area contributed by atoms with E-state index >= 15 is 0 Å². The quantitative estimate of drug-likeness (QED) is 0.693. The van der Waals surface area contributed by atoms with Crippen LogP contribution >= 0.6 is 0 Å². The molecule has 0 aliphatic carbocycles. The maximum absolute atomic E-state index is 13.0. The molecule has 0 aliphatic rings. The Morgan fingerprint density at radius 1 is 1.10 bits per heavy atom. The third-order valence-corrected chi connectivity index (χ3v) is 4.59. The maximum atomic E-state index is 13.0. The zero-order chi connectivity index (χ0) is 21.8. The standard InChI is InChI=1S/C22H24N4O4/c1-5-30-22(29)25(4)16-12-10-15(11-13-16)23-20(27)19-17-8-6-7-9-18(17)21(28)26(24-19)14(2)3/h6-14H,5H2,1-4H3,(H,23,27). The number of ether oxygens (including phenoxy) is 1. The van der Waals surface area contributed by atoms with E-state index in [0.717, 1.165) is 0 Å². The fourth-order valence-corrected chi connectivity index (χ4v) is 3.01. The van der Waals surface area contributed by atoms with E-state index in [1.54, 1.807) is 62.5 Å². The van der Waals surface area contributed by atoms with Crippen molar-refractivity contribution in [3.05, 3.63) is 64.6 Å². The molecule has 3 aromatic rings. The first-order valence-electron chi connectivity index (χ1n) is 9.67. The molecule has 2 amide bonds. The molecule has 156 valence electrons. The summed E-state index contributed by atoms with van der Waals surface area (Å²) in [6.45, 7) is 5.70. The van der Waals surface area contributed by atoms with Crippen molar-refractivity contribution in [2.24, 2.45) is 0 Å². The molecule has 3 rings (SSSR count). The van der Waals surface area contributed by atoms with Gasteiger partial charge in [0.15, 0.2) is 5.69 Å². The van der Waals surface area contributed by atoms with Crippen LogP contribution in [0.15, 0.2) is 53.3 Å². The number of hydrogen-bond donors (Lipinski definition) is 1. The molecule has 0 fully saturated rings. The van der Waals surface area contributed by atoms with E-state index in [2.05, 4.69) is 10.4 Å². The second-order valence-electron chi connectivity index (χ2n) is 7.00. The molecule has 1 N–H and O–H groups in total. The summed E-state index contributed by atoms with van der Waals surface area (Å²) < 4.78 is 6.29. The summed E-state index contributed by atoms with van der Waals surface area (Å²) in [6.07, 6.45) is -0.458. The molecule has 0 saturated heterocycles. The van der Waals surface area contributed by atoms with E-state index in [1.807, 2.05) is 13.8 Å². The topological polar surface area (TPSA) is 93.5 Å². The van der Waals surface area contributed by atoms with Gasteiger partial charge in [-0.05, 0) is 51.1 Å². The highest BCUT2D eigenvalue weighted by atomic mass is 16.6. The minimum Gasteiger partial charge on any atom is -0.449 e. The Hall–Kier alpha value is -3.68. The molecule has 8 heteroatoms. The normalized spacial score (nSPS) is 10.8. The molecule has 0 aliphatic heterocycles. The van der Waals surface area contributed by atoms with Gasteiger partial charge in [0, 0.05) is 23.8 Å². The van der Waals surface area contributed by atoms with E-state index in [1.165, 1.54) is 9.58 Å². The minimum atomic E-state index is -0.458. The number of amides is 2. The second kappa shape index (κ2) is 8.77. The lowest BCUT2D eigenvalue weighted by atomic mass is 10.1. The maximum Gasteiger partial charge on any atom is 0.413 e. The van der Waals surface area contributed by atoms with Crippen LogP contribution in [-0.2, 0) is 4.74 Å². The number of carbonyl (C=O) groups excluding carboxylic acids is 2. The average molecular weight is 408 g/mol.